The highest BCUT2D eigenvalue weighted by Crippen LogP contribution is 2.18. The van der Waals surface area contributed by atoms with E-state index in [1.54, 1.807) is 16.7 Å². The Bertz CT molecular complexity index is 837. The molecule has 5 heteroatoms. The molecule has 0 aromatic heterocycles. The quantitative estimate of drug-likeness (QED) is 0.522. The second kappa shape index (κ2) is 12.4. The molecule has 0 saturated heterocycles. The van der Waals surface area contributed by atoms with Crippen molar-refractivity contribution in [2.45, 2.75) is 58.9 Å². The maximum absolute atomic E-state index is 13.1. The topological polar surface area (TPSA) is 49.4 Å². The number of thioether (sulfide) groups is 1. The summed E-state index contributed by atoms with van der Waals surface area (Å²) in [5, 5.41) is 2.97. The van der Waals surface area contributed by atoms with Gasteiger partial charge in [0, 0.05) is 18.8 Å². The molecule has 2 aromatic rings. The lowest BCUT2D eigenvalue weighted by molar-refractivity contribution is -0.138. The summed E-state index contributed by atoms with van der Waals surface area (Å²) >= 11 is 1.59. The van der Waals surface area contributed by atoms with Gasteiger partial charge in [-0.2, -0.15) is 0 Å². The van der Waals surface area contributed by atoms with Crippen molar-refractivity contribution >= 4 is 23.6 Å². The van der Waals surface area contributed by atoms with Gasteiger partial charge in [-0.05, 0) is 43.9 Å². The lowest BCUT2D eigenvalue weighted by Gasteiger charge is -2.29. The molecule has 2 aromatic carbocycles. The lowest BCUT2D eigenvalue weighted by atomic mass is 10.1. The molecule has 0 bridgehead atoms. The number of carbonyl (C=O) groups is 2. The number of benzene rings is 2. The summed E-state index contributed by atoms with van der Waals surface area (Å²) in [5.41, 5.74) is 4.63. The number of nitrogens with zero attached hydrogens (tertiary/aromatic N) is 1. The summed E-state index contributed by atoms with van der Waals surface area (Å²) in [6, 6.07) is 15.9. The first-order valence-corrected chi connectivity index (χ1v) is 11.8. The summed E-state index contributed by atoms with van der Waals surface area (Å²) in [5.74, 6) is 1.04. The Hall–Kier alpha value is -2.27. The van der Waals surface area contributed by atoms with E-state index in [0.717, 1.165) is 29.7 Å². The first kappa shape index (κ1) is 24.0. The van der Waals surface area contributed by atoms with Gasteiger partial charge < -0.3 is 10.2 Å². The third-order valence-corrected chi connectivity index (χ3v) is 6.16. The minimum absolute atomic E-state index is 0.00551. The largest absolute Gasteiger partial charge is 0.354 e. The Balaban J connectivity index is 2.05. The van der Waals surface area contributed by atoms with Crippen molar-refractivity contribution in [3.8, 4) is 0 Å². The highest BCUT2D eigenvalue weighted by molar-refractivity contribution is 7.99. The number of carbonyl (C=O) groups excluding carboxylic acids is 2. The fraction of sp³-hybridized carbons (Fsp3) is 0.440. The fourth-order valence-corrected chi connectivity index (χ4v) is 4.09. The van der Waals surface area contributed by atoms with Gasteiger partial charge >= 0.3 is 0 Å². The van der Waals surface area contributed by atoms with Gasteiger partial charge in [-0.15, -0.1) is 11.8 Å². The predicted molar refractivity (Wildman–Crippen MR) is 126 cm³/mol. The zero-order valence-corrected chi connectivity index (χ0v) is 19.4. The minimum Gasteiger partial charge on any atom is -0.354 e. The van der Waals surface area contributed by atoms with Crippen LogP contribution in [0, 0.1) is 13.8 Å². The number of unbranched alkanes of at least 4 members (excludes halogenated alkanes) is 1. The van der Waals surface area contributed by atoms with Gasteiger partial charge in [-0.3, -0.25) is 9.59 Å². The van der Waals surface area contributed by atoms with Crippen molar-refractivity contribution in [3.63, 3.8) is 0 Å². The molecule has 0 fully saturated rings. The molecule has 4 nitrogen and oxygen atoms in total. The number of hydrogen-bond acceptors (Lipinski definition) is 3. The highest BCUT2D eigenvalue weighted by atomic mass is 32.2. The van der Waals surface area contributed by atoms with E-state index in [2.05, 4.69) is 37.4 Å². The molecule has 0 spiro atoms. The lowest BCUT2D eigenvalue weighted by Crippen LogP contribution is -2.48. The standard InChI is InChI=1S/C25H34N2O2S/c1-5-6-14-26-25(29)21(4)27(16-23-13-8-7-11-20(23)3)24(28)18-30-17-22-12-9-10-19(2)15-22/h7-13,15,21H,5-6,14,16-18H2,1-4H3,(H,26,29). The Morgan fingerprint density at radius 2 is 1.87 bits per heavy atom. The van der Waals surface area contributed by atoms with Crippen LogP contribution in [0.25, 0.3) is 0 Å². The summed E-state index contributed by atoms with van der Waals surface area (Å²) in [6.07, 6.45) is 1.96. The molecule has 30 heavy (non-hydrogen) atoms. The van der Waals surface area contributed by atoms with E-state index in [4.69, 9.17) is 0 Å². The smallest absolute Gasteiger partial charge is 0.242 e. The van der Waals surface area contributed by atoms with Gasteiger partial charge in [0.2, 0.25) is 11.8 Å². The van der Waals surface area contributed by atoms with Crippen LogP contribution in [0.1, 0.15) is 48.9 Å². The number of aryl methyl sites for hydroxylation is 2. The van der Waals surface area contributed by atoms with Crippen LogP contribution < -0.4 is 5.32 Å². The summed E-state index contributed by atoms with van der Waals surface area (Å²) in [7, 11) is 0. The van der Waals surface area contributed by atoms with Gasteiger partial charge in [0.05, 0.1) is 5.75 Å². The molecule has 0 heterocycles. The number of nitrogens with one attached hydrogen (secondary N) is 1. The SMILES string of the molecule is CCCCNC(=O)C(C)N(Cc1ccccc1C)C(=O)CSCc1cccc(C)c1. The van der Waals surface area contributed by atoms with E-state index in [0.29, 0.717) is 18.8 Å². The minimum atomic E-state index is -0.506. The van der Waals surface area contributed by atoms with E-state index < -0.39 is 6.04 Å². The van der Waals surface area contributed by atoms with Crippen molar-refractivity contribution < 1.29 is 9.59 Å². The van der Waals surface area contributed by atoms with Gasteiger partial charge in [0.1, 0.15) is 6.04 Å². The van der Waals surface area contributed by atoms with E-state index in [9.17, 15) is 9.59 Å². The third-order valence-electron chi connectivity index (χ3n) is 5.18. The molecule has 2 amide bonds. The van der Waals surface area contributed by atoms with Crippen molar-refractivity contribution in [1.82, 2.24) is 10.2 Å². The van der Waals surface area contributed by atoms with E-state index in [-0.39, 0.29) is 11.8 Å². The Morgan fingerprint density at radius 3 is 2.57 bits per heavy atom. The van der Waals surface area contributed by atoms with Crippen LogP contribution in [0.4, 0.5) is 0 Å². The zero-order chi connectivity index (χ0) is 21.9. The monoisotopic (exact) mass is 426 g/mol. The second-order valence-electron chi connectivity index (χ2n) is 7.75. The van der Waals surface area contributed by atoms with Gasteiger partial charge in [0.25, 0.3) is 0 Å². The average molecular weight is 427 g/mol. The molecule has 0 saturated carbocycles. The summed E-state index contributed by atoms with van der Waals surface area (Å²) in [4.78, 5) is 27.5. The average Bonchev–Trinajstić information content (AvgIpc) is 2.72. The van der Waals surface area contributed by atoms with Gasteiger partial charge in [0.15, 0.2) is 0 Å². The maximum atomic E-state index is 13.1. The molecule has 1 atom stereocenters. The Morgan fingerprint density at radius 1 is 1.10 bits per heavy atom. The number of hydrogen-bond donors (Lipinski definition) is 1. The second-order valence-corrected chi connectivity index (χ2v) is 8.74. The van der Waals surface area contributed by atoms with Crippen molar-refractivity contribution in [3.05, 3.63) is 70.8 Å². The van der Waals surface area contributed by atoms with E-state index >= 15 is 0 Å². The van der Waals surface area contributed by atoms with Crippen LogP contribution in [-0.4, -0.2) is 35.1 Å². The number of amides is 2. The van der Waals surface area contributed by atoms with Gasteiger partial charge in [-0.1, -0.05) is 67.4 Å². The summed E-state index contributed by atoms with van der Waals surface area (Å²) < 4.78 is 0. The Labute approximate surface area is 185 Å². The van der Waals surface area contributed by atoms with Crippen LogP contribution in [0.2, 0.25) is 0 Å². The molecule has 0 aliphatic carbocycles. The molecule has 0 aliphatic rings. The molecular weight excluding hydrogens is 392 g/mol. The molecule has 1 N–H and O–H groups in total. The fourth-order valence-electron chi connectivity index (χ4n) is 3.23. The van der Waals surface area contributed by atoms with Crippen LogP contribution >= 0.6 is 11.8 Å². The van der Waals surface area contributed by atoms with Crippen molar-refractivity contribution in [1.29, 1.82) is 0 Å². The highest BCUT2D eigenvalue weighted by Gasteiger charge is 2.26. The molecule has 0 aliphatic heterocycles. The van der Waals surface area contributed by atoms with E-state index in [1.165, 1.54) is 11.1 Å². The molecule has 2 rings (SSSR count). The van der Waals surface area contributed by atoms with Crippen molar-refractivity contribution in [2.24, 2.45) is 0 Å². The summed E-state index contributed by atoms with van der Waals surface area (Å²) in [6.45, 7) is 9.11. The number of rotatable bonds is 11. The Kier molecular flexibility index (Phi) is 9.95. The predicted octanol–water partition coefficient (Wildman–Crippen LogP) is 4.87. The van der Waals surface area contributed by atoms with E-state index in [1.807, 2.05) is 44.2 Å². The third kappa shape index (κ3) is 7.52. The van der Waals surface area contributed by atoms with Crippen LogP contribution in [0.3, 0.4) is 0 Å². The first-order chi connectivity index (χ1) is 14.4. The van der Waals surface area contributed by atoms with Crippen LogP contribution in [0.15, 0.2) is 48.5 Å². The van der Waals surface area contributed by atoms with Crippen molar-refractivity contribution in [2.75, 3.05) is 12.3 Å². The van der Waals surface area contributed by atoms with Crippen LogP contribution in [0.5, 0.6) is 0 Å². The molecular formula is C25H34N2O2S. The zero-order valence-electron chi connectivity index (χ0n) is 18.6. The maximum Gasteiger partial charge on any atom is 0.242 e. The van der Waals surface area contributed by atoms with Crippen LogP contribution in [-0.2, 0) is 21.9 Å². The van der Waals surface area contributed by atoms with Gasteiger partial charge in [-0.25, -0.2) is 0 Å². The molecule has 1 unspecified atom stereocenters. The molecule has 162 valence electrons. The molecule has 0 radical (unpaired) electrons. The normalized spacial score (nSPS) is 11.7. The first-order valence-electron chi connectivity index (χ1n) is 10.7.